The maximum atomic E-state index is 5.94. The van der Waals surface area contributed by atoms with Gasteiger partial charge in [-0.2, -0.15) is 5.10 Å². The van der Waals surface area contributed by atoms with Gasteiger partial charge in [-0.3, -0.25) is 4.68 Å². The Balaban J connectivity index is 2.29. The van der Waals surface area contributed by atoms with Crippen molar-refractivity contribution in [2.75, 3.05) is 11.9 Å². The number of nitrogens with one attached hydrogen (secondary N) is 1. The van der Waals surface area contributed by atoms with Crippen molar-refractivity contribution < 1.29 is 4.74 Å². The molecule has 0 spiro atoms. The maximum Gasteiger partial charge on any atom is 0.227 e. The van der Waals surface area contributed by atoms with Crippen LogP contribution in [0.25, 0.3) is 0 Å². The molecular formula is C14H21N5O. The number of ether oxygens (including phenoxy) is 1. The second-order valence-corrected chi connectivity index (χ2v) is 4.80. The normalized spacial score (nSPS) is 10.7. The Morgan fingerprint density at radius 3 is 2.60 bits per heavy atom. The lowest BCUT2D eigenvalue weighted by Gasteiger charge is -2.11. The molecule has 0 bridgehead atoms. The summed E-state index contributed by atoms with van der Waals surface area (Å²) in [6.45, 7) is 8.84. The summed E-state index contributed by atoms with van der Waals surface area (Å²) in [5, 5.41) is 7.61. The van der Waals surface area contributed by atoms with Gasteiger partial charge in [-0.05, 0) is 27.2 Å². The third-order valence-corrected chi connectivity index (χ3v) is 3.22. The number of rotatable bonds is 5. The number of hydrogen-bond donors (Lipinski definition) is 1. The third-order valence-electron chi connectivity index (χ3n) is 3.22. The van der Waals surface area contributed by atoms with E-state index in [4.69, 9.17) is 4.74 Å². The van der Waals surface area contributed by atoms with Gasteiger partial charge in [0.15, 0.2) is 5.75 Å². The molecule has 0 aromatic carbocycles. The molecule has 0 aliphatic heterocycles. The molecule has 2 aromatic rings. The summed E-state index contributed by atoms with van der Waals surface area (Å²) in [5.74, 6) is 2.14. The van der Waals surface area contributed by atoms with E-state index in [1.807, 2.05) is 27.8 Å². The second-order valence-electron chi connectivity index (χ2n) is 4.80. The van der Waals surface area contributed by atoms with Gasteiger partial charge in [-0.1, -0.05) is 6.92 Å². The zero-order chi connectivity index (χ0) is 14.7. The largest absolute Gasteiger partial charge is 0.435 e. The van der Waals surface area contributed by atoms with Gasteiger partial charge in [-0.15, -0.1) is 0 Å². The molecule has 0 saturated carbocycles. The summed E-state index contributed by atoms with van der Waals surface area (Å²) in [7, 11) is 1.90. The number of aryl methyl sites for hydroxylation is 2. The monoisotopic (exact) mass is 275 g/mol. The summed E-state index contributed by atoms with van der Waals surface area (Å²) in [5.41, 5.74) is 2.73. The first kappa shape index (κ1) is 14.3. The van der Waals surface area contributed by atoms with Crippen LogP contribution in [0.3, 0.4) is 0 Å². The minimum atomic E-state index is 0.567. The van der Waals surface area contributed by atoms with Crippen molar-refractivity contribution in [3.05, 3.63) is 23.3 Å². The van der Waals surface area contributed by atoms with Crippen molar-refractivity contribution in [3.63, 3.8) is 0 Å². The molecule has 0 fully saturated rings. The molecule has 2 rings (SSSR count). The number of nitrogens with zero attached hydrogens (tertiary/aromatic N) is 4. The van der Waals surface area contributed by atoms with E-state index in [0.717, 1.165) is 41.5 Å². The first-order valence-corrected chi connectivity index (χ1v) is 6.78. The molecule has 1 N–H and O–H groups in total. The lowest BCUT2D eigenvalue weighted by molar-refractivity contribution is 0.450. The molecule has 2 heterocycles. The lowest BCUT2D eigenvalue weighted by Crippen LogP contribution is -2.05. The van der Waals surface area contributed by atoms with Crippen LogP contribution in [0.2, 0.25) is 0 Å². The second kappa shape index (κ2) is 5.90. The fraction of sp³-hybridized carbons (Fsp3) is 0.500. The molecule has 2 aromatic heterocycles. The summed E-state index contributed by atoms with van der Waals surface area (Å²) in [6.07, 6.45) is 2.56. The van der Waals surface area contributed by atoms with Crippen LogP contribution in [-0.2, 0) is 7.05 Å². The Morgan fingerprint density at radius 1 is 1.25 bits per heavy atom. The minimum Gasteiger partial charge on any atom is -0.435 e. The van der Waals surface area contributed by atoms with Gasteiger partial charge in [0.05, 0.1) is 11.3 Å². The Labute approximate surface area is 119 Å². The first-order chi connectivity index (χ1) is 9.54. The Morgan fingerprint density at radius 2 is 2.00 bits per heavy atom. The lowest BCUT2D eigenvalue weighted by atomic mass is 10.3. The average Bonchev–Trinajstić information content (AvgIpc) is 2.66. The van der Waals surface area contributed by atoms with E-state index >= 15 is 0 Å². The van der Waals surface area contributed by atoms with Crippen LogP contribution < -0.4 is 10.1 Å². The zero-order valence-corrected chi connectivity index (χ0v) is 12.7. The minimum absolute atomic E-state index is 0.567. The summed E-state index contributed by atoms with van der Waals surface area (Å²) in [6, 6.07) is 0. The van der Waals surface area contributed by atoms with E-state index in [0.29, 0.717) is 5.88 Å². The zero-order valence-electron chi connectivity index (χ0n) is 12.7. The van der Waals surface area contributed by atoms with E-state index in [9.17, 15) is 0 Å². The fourth-order valence-corrected chi connectivity index (χ4v) is 1.96. The van der Waals surface area contributed by atoms with Crippen LogP contribution in [0, 0.1) is 20.8 Å². The van der Waals surface area contributed by atoms with Gasteiger partial charge < -0.3 is 10.1 Å². The molecule has 0 aliphatic carbocycles. The maximum absolute atomic E-state index is 5.94. The van der Waals surface area contributed by atoms with E-state index < -0.39 is 0 Å². The van der Waals surface area contributed by atoms with Gasteiger partial charge >= 0.3 is 0 Å². The van der Waals surface area contributed by atoms with Crippen LogP contribution in [0.4, 0.5) is 5.82 Å². The van der Waals surface area contributed by atoms with Gasteiger partial charge in [0.25, 0.3) is 0 Å². The molecule has 6 heteroatoms. The molecule has 20 heavy (non-hydrogen) atoms. The molecule has 6 nitrogen and oxygen atoms in total. The molecule has 0 amide bonds. The first-order valence-electron chi connectivity index (χ1n) is 6.78. The van der Waals surface area contributed by atoms with Gasteiger partial charge in [0.1, 0.15) is 17.8 Å². The molecule has 0 radical (unpaired) electrons. The highest BCUT2D eigenvalue weighted by Gasteiger charge is 2.15. The molecule has 0 saturated heterocycles. The van der Waals surface area contributed by atoms with Gasteiger partial charge in [-0.25, -0.2) is 9.97 Å². The smallest absolute Gasteiger partial charge is 0.227 e. The van der Waals surface area contributed by atoms with Crippen LogP contribution >= 0.6 is 0 Å². The van der Waals surface area contributed by atoms with Crippen molar-refractivity contribution in [1.82, 2.24) is 19.7 Å². The molecule has 0 unspecified atom stereocenters. The number of anilines is 1. The van der Waals surface area contributed by atoms with Crippen molar-refractivity contribution in [1.29, 1.82) is 0 Å². The van der Waals surface area contributed by atoms with Gasteiger partial charge in [0.2, 0.25) is 5.88 Å². The molecular weight excluding hydrogens is 254 g/mol. The molecule has 0 atom stereocenters. The van der Waals surface area contributed by atoms with Crippen LogP contribution in [0.5, 0.6) is 11.6 Å². The number of hydrogen-bond acceptors (Lipinski definition) is 5. The van der Waals surface area contributed by atoms with Gasteiger partial charge in [0, 0.05) is 13.6 Å². The molecule has 108 valence electrons. The van der Waals surface area contributed by atoms with E-state index in [-0.39, 0.29) is 0 Å². The Bertz CT molecular complexity index is 606. The predicted molar refractivity (Wildman–Crippen MR) is 78.3 cm³/mol. The summed E-state index contributed by atoms with van der Waals surface area (Å²) < 4.78 is 7.74. The van der Waals surface area contributed by atoms with E-state index in [2.05, 4.69) is 27.3 Å². The highest BCUT2D eigenvalue weighted by atomic mass is 16.5. The molecule has 0 aliphatic rings. The topological polar surface area (TPSA) is 64.9 Å². The summed E-state index contributed by atoms with van der Waals surface area (Å²) in [4.78, 5) is 8.47. The van der Waals surface area contributed by atoms with Crippen LogP contribution in [-0.4, -0.2) is 26.3 Å². The van der Waals surface area contributed by atoms with Crippen molar-refractivity contribution >= 4 is 5.82 Å². The Kier molecular flexibility index (Phi) is 4.22. The standard InChI is InChI=1S/C14H21N5O/c1-6-7-15-13-9(2)14(17-8-16-13)20-12-10(3)18-19(5)11(12)4/h8H,6-7H2,1-5H3,(H,15,16,17). The van der Waals surface area contributed by atoms with E-state index in [1.165, 1.54) is 6.33 Å². The highest BCUT2D eigenvalue weighted by Crippen LogP contribution is 2.30. The SMILES string of the molecule is CCCNc1ncnc(Oc2c(C)nn(C)c2C)c1C. The predicted octanol–water partition coefficient (Wildman–Crippen LogP) is 2.75. The van der Waals surface area contributed by atoms with Crippen molar-refractivity contribution in [2.24, 2.45) is 7.05 Å². The third kappa shape index (κ3) is 2.74. The van der Waals surface area contributed by atoms with Crippen molar-refractivity contribution in [2.45, 2.75) is 34.1 Å². The van der Waals surface area contributed by atoms with Crippen molar-refractivity contribution in [3.8, 4) is 11.6 Å². The van der Waals surface area contributed by atoms with Crippen LogP contribution in [0.15, 0.2) is 6.33 Å². The quantitative estimate of drug-likeness (QED) is 0.909. The average molecular weight is 275 g/mol. The Hall–Kier alpha value is -2.11. The summed E-state index contributed by atoms with van der Waals surface area (Å²) >= 11 is 0. The fourth-order valence-electron chi connectivity index (χ4n) is 1.96. The van der Waals surface area contributed by atoms with Crippen LogP contribution in [0.1, 0.15) is 30.3 Å². The number of aromatic nitrogens is 4. The van der Waals surface area contributed by atoms with E-state index in [1.54, 1.807) is 4.68 Å². The highest BCUT2D eigenvalue weighted by molar-refractivity contribution is 5.49.